The fraction of sp³-hybridized carbons (Fsp3) is 0.769. The molecule has 0 fully saturated rings. The number of nitrogens with zero attached hydrogens (tertiary/aromatic N) is 2. The summed E-state index contributed by atoms with van der Waals surface area (Å²) in [7, 11) is 0. The molecule has 0 atom stereocenters. The van der Waals surface area contributed by atoms with Crippen LogP contribution in [-0.2, 0) is 5.41 Å². The third kappa shape index (κ3) is 3.82. The molecule has 0 aromatic carbocycles. The molecule has 0 saturated heterocycles. The van der Waals surface area contributed by atoms with Gasteiger partial charge in [-0.2, -0.15) is 0 Å². The van der Waals surface area contributed by atoms with Gasteiger partial charge < -0.3 is 5.32 Å². The molecule has 0 unspecified atom stereocenters. The van der Waals surface area contributed by atoms with E-state index in [2.05, 4.69) is 41.3 Å². The summed E-state index contributed by atoms with van der Waals surface area (Å²) in [6.07, 6.45) is 1.01. The topological polar surface area (TPSA) is 70.7 Å². The molecule has 1 amide bonds. The van der Waals surface area contributed by atoms with E-state index >= 15 is 0 Å². The fourth-order valence-electron chi connectivity index (χ4n) is 1.22. The number of nitrogens with one attached hydrogen (secondary N) is 2. The Kier molecular flexibility index (Phi) is 4.14. The minimum Gasteiger partial charge on any atom is -0.349 e. The van der Waals surface area contributed by atoms with E-state index in [0.29, 0.717) is 6.54 Å². The lowest BCUT2D eigenvalue weighted by molar-refractivity contribution is 0.0925. The van der Waals surface area contributed by atoms with Gasteiger partial charge in [0.1, 0.15) is 5.82 Å². The first-order valence-electron chi connectivity index (χ1n) is 6.37. The van der Waals surface area contributed by atoms with E-state index in [1.807, 2.05) is 20.8 Å². The monoisotopic (exact) mass is 252 g/mol. The van der Waals surface area contributed by atoms with Gasteiger partial charge >= 0.3 is 0 Å². The van der Waals surface area contributed by atoms with Crippen molar-refractivity contribution in [2.75, 3.05) is 6.54 Å². The molecule has 1 heterocycles. The summed E-state index contributed by atoms with van der Waals surface area (Å²) >= 11 is 0. The molecular formula is C13H24N4O. The Labute approximate surface area is 109 Å². The van der Waals surface area contributed by atoms with Crippen LogP contribution in [0.3, 0.4) is 0 Å². The van der Waals surface area contributed by atoms with Crippen molar-refractivity contribution in [1.29, 1.82) is 0 Å². The SMILES string of the molecule is CCC(C)(C)CNC(=O)c1n[nH]c(C(C)(C)C)n1. The smallest absolute Gasteiger partial charge is 0.290 e. The van der Waals surface area contributed by atoms with Gasteiger partial charge in [0.25, 0.3) is 5.91 Å². The van der Waals surface area contributed by atoms with Crippen LogP contribution in [-0.4, -0.2) is 27.6 Å². The number of aromatic nitrogens is 3. The molecule has 0 aliphatic rings. The molecular weight excluding hydrogens is 228 g/mol. The molecule has 1 rings (SSSR count). The Morgan fingerprint density at radius 1 is 1.28 bits per heavy atom. The molecule has 1 aromatic heterocycles. The molecule has 2 N–H and O–H groups in total. The molecule has 102 valence electrons. The largest absolute Gasteiger partial charge is 0.349 e. The minimum atomic E-state index is -0.219. The summed E-state index contributed by atoms with van der Waals surface area (Å²) in [5, 5.41) is 9.65. The van der Waals surface area contributed by atoms with Gasteiger partial charge in [-0.1, -0.05) is 41.5 Å². The van der Waals surface area contributed by atoms with Gasteiger partial charge in [0.15, 0.2) is 0 Å². The lowest BCUT2D eigenvalue weighted by atomic mass is 9.90. The van der Waals surface area contributed by atoms with Crippen molar-refractivity contribution in [3.8, 4) is 0 Å². The first-order chi connectivity index (χ1) is 8.15. The number of hydrogen-bond acceptors (Lipinski definition) is 3. The van der Waals surface area contributed by atoms with Gasteiger partial charge in [-0.3, -0.25) is 9.89 Å². The number of H-pyrrole nitrogens is 1. The van der Waals surface area contributed by atoms with Crippen molar-refractivity contribution in [3.63, 3.8) is 0 Å². The minimum absolute atomic E-state index is 0.0961. The zero-order valence-corrected chi connectivity index (χ0v) is 12.2. The third-order valence-corrected chi connectivity index (χ3v) is 3.08. The summed E-state index contributed by atoms with van der Waals surface area (Å²) in [5.41, 5.74) is -0.0347. The van der Waals surface area contributed by atoms with E-state index in [-0.39, 0.29) is 22.6 Å². The number of aromatic amines is 1. The van der Waals surface area contributed by atoms with Crippen LogP contribution >= 0.6 is 0 Å². The van der Waals surface area contributed by atoms with Crippen LogP contribution in [0.2, 0.25) is 0 Å². The molecule has 18 heavy (non-hydrogen) atoms. The second-order valence-corrected chi connectivity index (χ2v) is 6.46. The van der Waals surface area contributed by atoms with E-state index < -0.39 is 0 Å². The average Bonchev–Trinajstić information content (AvgIpc) is 2.75. The van der Waals surface area contributed by atoms with Crippen LogP contribution in [0, 0.1) is 5.41 Å². The Hall–Kier alpha value is -1.39. The van der Waals surface area contributed by atoms with Crippen LogP contribution in [0.4, 0.5) is 0 Å². The second kappa shape index (κ2) is 5.08. The number of carbonyl (C=O) groups excluding carboxylic acids is 1. The molecule has 5 nitrogen and oxygen atoms in total. The molecule has 0 saturated carbocycles. The van der Waals surface area contributed by atoms with E-state index in [1.54, 1.807) is 0 Å². The van der Waals surface area contributed by atoms with E-state index in [1.165, 1.54) is 0 Å². The molecule has 1 aromatic rings. The molecule has 0 aliphatic heterocycles. The summed E-state index contributed by atoms with van der Waals surface area (Å²) in [6.45, 7) is 13.0. The highest BCUT2D eigenvalue weighted by Gasteiger charge is 2.22. The highest BCUT2D eigenvalue weighted by Crippen LogP contribution is 2.19. The maximum atomic E-state index is 11.9. The van der Waals surface area contributed by atoms with Crippen molar-refractivity contribution >= 4 is 5.91 Å². The second-order valence-electron chi connectivity index (χ2n) is 6.46. The Balaban J connectivity index is 2.66. The van der Waals surface area contributed by atoms with Crippen molar-refractivity contribution < 1.29 is 4.79 Å². The summed E-state index contributed by atoms with van der Waals surface area (Å²) in [4.78, 5) is 16.1. The van der Waals surface area contributed by atoms with Crippen LogP contribution in [0.1, 0.15) is 64.4 Å². The first kappa shape index (κ1) is 14.7. The highest BCUT2D eigenvalue weighted by molar-refractivity contribution is 5.90. The summed E-state index contributed by atoms with van der Waals surface area (Å²) < 4.78 is 0. The van der Waals surface area contributed by atoms with E-state index in [9.17, 15) is 4.79 Å². The maximum absolute atomic E-state index is 11.9. The summed E-state index contributed by atoms with van der Waals surface area (Å²) in [5.74, 6) is 0.720. The Morgan fingerprint density at radius 3 is 2.33 bits per heavy atom. The molecule has 0 spiro atoms. The molecule has 5 heteroatoms. The van der Waals surface area contributed by atoms with Crippen LogP contribution < -0.4 is 5.32 Å². The van der Waals surface area contributed by atoms with Crippen molar-refractivity contribution in [2.24, 2.45) is 5.41 Å². The number of hydrogen-bond donors (Lipinski definition) is 2. The average molecular weight is 252 g/mol. The van der Waals surface area contributed by atoms with Crippen molar-refractivity contribution in [3.05, 3.63) is 11.6 Å². The van der Waals surface area contributed by atoms with Gasteiger partial charge in [-0.15, -0.1) is 5.10 Å². The standard InChI is InChI=1S/C13H24N4O/c1-7-13(5,6)8-14-10(18)9-15-11(17-16-9)12(2,3)4/h7-8H2,1-6H3,(H,14,18)(H,15,16,17). The zero-order valence-electron chi connectivity index (χ0n) is 12.2. The number of amides is 1. The predicted octanol–water partition coefficient (Wildman–Crippen LogP) is 2.27. The molecule has 0 bridgehead atoms. The van der Waals surface area contributed by atoms with Gasteiger partial charge in [0.2, 0.25) is 5.82 Å². The Bertz CT molecular complexity index is 415. The quantitative estimate of drug-likeness (QED) is 0.863. The lowest BCUT2D eigenvalue weighted by Gasteiger charge is -2.22. The Morgan fingerprint density at radius 2 is 1.89 bits per heavy atom. The zero-order chi connectivity index (χ0) is 14.0. The van der Waals surface area contributed by atoms with Gasteiger partial charge in [-0.25, -0.2) is 4.98 Å². The predicted molar refractivity (Wildman–Crippen MR) is 71.5 cm³/mol. The van der Waals surface area contributed by atoms with E-state index in [4.69, 9.17) is 0 Å². The molecule has 0 radical (unpaired) electrons. The lowest BCUT2D eigenvalue weighted by Crippen LogP contribution is -2.34. The highest BCUT2D eigenvalue weighted by atomic mass is 16.2. The normalized spacial score (nSPS) is 12.6. The summed E-state index contributed by atoms with van der Waals surface area (Å²) in [6, 6.07) is 0. The van der Waals surface area contributed by atoms with Gasteiger partial charge in [0, 0.05) is 12.0 Å². The van der Waals surface area contributed by atoms with E-state index in [0.717, 1.165) is 12.2 Å². The van der Waals surface area contributed by atoms with Crippen molar-refractivity contribution in [1.82, 2.24) is 20.5 Å². The first-order valence-corrected chi connectivity index (χ1v) is 6.37. The number of carbonyl (C=O) groups is 1. The van der Waals surface area contributed by atoms with Crippen LogP contribution in [0.5, 0.6) is 0 Å². The third-order valence-electron chi connectivity index (χ3n) is 3.08. The van der Waals surface area contributed by atoms with Crippen LogP contribution in [0.15, 0.2) is 0 Å². The van der Waals surface area contributed by atoms with Gasteiger partial charge in [0.05, 0.1) is 0 Å². The van der Waals surface area contributed by atoms with Crippen LogP contribution in [0.25, 0.3) is 0 Å². The van der Waals surface area contributed by atoms with Crippen molar-refractivity contribution in [2.45, 2.75) is 53.4 Å². The maximum Gasteiger partial charge on any atom is 0.290 e. The molecule has 0 aliphatic carbocycles. The number of rotatable bonds is 4. The fourth-order valence-corrected chi connectivity index (χ4v) is 1.22. The van der Waals surface area contributed by atoms with Gasteiger partial charge in [-0.05, 0) is 11.8 Å².